The Bertz CT molecular complexity index is 1020. The van der Waals surface area contributed by atoms with Gasteiger partial charge in [0.1, 0.15) is 0 Å². The maximum absolute atomic E-state index is 13.0. The summed E-state index contributed by atoms with van der Waals surface area (Å²) < 4.78 is 0. The number of anilines is 1. The lowest BCUT2D eigenvalue weighted by Gasteiger charge is -2.41. The molecule has 0 bridgehead atoms. The van der Waals surface area contributed by atoms with Crippen molar-refractivity contribution in [2.45, 2.75) is 25.7 Å². The molecule has 0 spiro atoms. The lowest BCUT2D eigenvalue weighted by Crippen LogP contribution is -2.50. The fraction of sp³-hybridized carbons (Fsp3) is 0.250. The Labute approximate surface area is 165 Å². The highest BCUT2D eigenvalue weighted by Gasteiger charge is 2.26. The molecule has 4 rings (SSSR count). The predicted molar refractivity (Wildman–Crippen MR) is 112 cm³/mol. The van der Waals surface area contributed by atoms with Crippen molar-refractivity contribution in [2.75, 3.05) is 18.1 Å². The second-order valence-corrected chi connectivity index (χ2v) is 7.12. The molecular weight excluding hydrogens is 346 g/mol. The summed E-state index contributed by atoms with van der Waals surface area (Å²) in [7, 11) is 0. The van der Waals surface area contributed by atoms with E-state index in [1.165, 1.54) is 5.56 Å². The van der Waals surface area contributed by atoms with Crippen LogP contribution >= 0.6 is 0 Å². The predicted octanol–water partition coefficient (Wildman–Crippen LogP) is 4.69. The first kappa shape index (κ1) is 18.1. The Morgan fingerprint density at radius 1 is 0.893 bits per heavy atom. The summed E-state index contributed by atoms with van der Waals surface area (Å²) in [4.78, 5) is 13.0. The van der Waals surface area contributed by atoms with E-state index in [9.17, 15) is 10.1 Å². The minimum atomic E-state index is 0.150. The summed E-state index contributed by atoms with van der Waals surface area (Å²) in [5.41, 5.74) is 2.85. The summed E-state index contributed by atoms with van der Waals surface area (Å²) in [6.07, 6.45) is 3.31. The molecule has 0 unspecified atom stereocenters. The van der Waals surface area contributed by atoms with E-state index in [0.717, 1.165) is 48.8 Å². The molecule has 0 atom stereocenters. The first-order valence-corrected chi connectivity index (χ1v) is 9.81. The van der Waals surface area contributed by atoms with Crippen molar-refractivity contribution in [3.8, 4) is 6.07 Å². The fourth-order valence-corrected chi connectivity index (χ4v) is 3.91. The average Bonchev–Trinajstić information content (AvgIpc) is 2.77. The SMILES string of the molecule is N#Cc1ccc(N2CCCCN2C(=O)CCc2ccccc2)c2ccccc12. The van der Waals surface area contributed by atoms with Gasteiger partial charge in [-0.2, -0.15) is 5.26 Å². The van der Waals surface area contributed by atoms with Gasteiger partial charge in [0.2, 0.25) is 5.91 Å². The second kappa shape index (κ2) is 8.14. The molecule has 140 valence electrons. The number of carbonyl (C=O) groups excluding carboxylic acids is 1. The molecule has 1 saturated heterocycles. The Hall–Kier alpha value is -3.32. The number of aryl methyl sites for hydroxylation is 1. The van der Waals surface area contributed by atoms with Crippen LogP contribution in [0.25, 0.3) is 10.8 Å². The van der Waals surface area contributed by atoms with Crippen molar-refractivity contribution < 1.29 is 4.79 Å². The number of nitrogens with zero attached hydrogens (tertiary/aromatic N) is 3. The van der Waals surface area contributed by atoms with Gasteiger partial charge in [-0.05, 0) is 37.0 Å². The average molecular weight is 369 g/mol. The smallest absolute Gasteiger partial charge is 0.241 e. The zero-order chi connectivity index (χ0) is 19.3. The van der Waals surface area contributed by atoms with E-state index in [2.05, 4.69) is 23.2 Å². The van der Waals surface area contributed by atoms with Crippen LogP contribution in [0.5, 0.6) is 0 Å². The third-order valence-corrected chi connectivity index (χ3v) is 5.34. The standard InChI is InChI=1S/C24H23N3O/c25-18-20-13-14-23(22-11-5-4-10-21(20)22)26-16-6-7-17-27(26)24(28)15-12-19-8-2-1-3-9-19/h1-5,8-11,13-14H,6-7,12,15-17H2. The quantitative estimate of drug-likeness (QED) is 0.670. The molecule has 1 amide bonds. The number of carbonyl (C=O) groups is 1. The van der Waals surface area contributed by atoms with Crippen molar-refractivity contribution in [1.82, 2.24) is 5.01 Å². The molecule has 0 aliphatic carbocycles. The van der Waals surface area contributed by atoms with Gasteiger partial charge in [-0.25, -0.2) is 0 Å². The van der Waals surface area contributed by atoms with Crippen LogP contribution in [0.15, 0.2) is 66.7 Å². The summed E-state index contributed by atoms with van der Waals surface area (Å²) in [5.74, 6) is 0.150. The monoisotopic (exact) mass is 369 g/mol. The van der Waals surface area contributed by atoms with Crippen LogP contribution in [0, 0.1) is 11.3 Å². The highest BCUT2D eigenvalue weighted by Crippen LogP contribution is 2.32. The number of amides is 1. The number of benzene rings is 3. The Balaban J connectivity index is 1.62. The molecule has 1 fully saturated rings. The molecule has 3 aromatic rings. The van der Waals surface area contributed by atoms with Crippen molar-refractivity contribution in [3.05, 3.63) is 77.9 Å². The van der Waals surface area contributed by atoms with Crippen LogP contribution in [0.3, 0.4) is 0 Å². The third-order valence-electron chi connectivity index (χ3n) is 5.34. The number of fused-ring (bicyclic) bond motifs is 1. The summed E-state index contributed by atoms with van der Waals surface area (Å²) in [5, 5.41) is 15.4. The van der Waals surface area contributed by atoms with E-state index in [1.54, 1.807) is 0 Å². The molecule has 1 heterocycles. The second-order valence-electron chi connectivity index (χ2n) is 7.12. The van der Waals surface area contributed by atoms with Gasteiger partial charge in [0, 0.05) is 30.3 Å². The van der Waals surface area contributed by atoms with Crippen LogP contribution < -0.4 is 5.01 Å². The van der Waals surface area contributed by atoms with Gasteiger partial charge in [0.25, 0.3) is 0 Å². The van der Waals surface area contributed by atoms with Crippen molar-refractivity contribution >= 4 is 22.4 Å². The van der Waals surface area contributed by atoms with E-state index in [0.29, 0.717) is 12.0 Å². The lowest BCUT2D eigenvalue weighted by molar-refractivity contribution is -0.132. The van der Waals surface area contributed by atoms with E-state index < -0.39 is 0 Å². The molecule has 0 saturated carbocycles. The minimum Gasteiger partial charge on any atom is -0.282 e. The van der Waals surface area contributed by atoms with Crippen molar-refractivity contribution in [3.63, 3.8) is 0 Å². The van der Waals surface area contributed by atoms with Gasteiger partial charge in [0.15, 0.2) is 0 Å². The molecule has 4 nitrogen and oxygen atoms in total. The van der Waals surface area contributed by atoms with Crippen molar-refractivity contribution in [2.24, 2.45) is 0 Å². The number of hydrazine groups is 1. The molecule has 3 aromatic carbocycles. The first-order valence-electron chi connectivity index (χ1n) is 9.81. The fourth-order valence-electron chi connectivity index (χ4n) is 3.91. The zero-order valence-corrected chi connectivity index (χ0v) is 15.8. The summed E-state index contributed by atoms with van der Waals surface area (Å²) in [6, 6.07) is 24.2. The van der Waals surface area contributed by atoms with Crippen LogP contribution in [0.2, 0.25) is 0 Å². The van der Waals surface area contributed by atoms with Gasteiger partial charge in [-0.3, -0.25) is 14.8 Å². The van der Waals surface area contributed by atoms with Gasteiger partial charge >= 0.3 is 0 Å². The molecule has 0 N–H and O–H groups in total. The Morgan fingerprint density at radius 2 is 1.61 bits per heavy atom. The lowest BCUT2D eigenvalue weighted by atomic mass is 10.0. The molecule has 28 heavy (non-hydrogen) atoms. The van der Waals surface area contributed by atoms with E-state index >= 15 is 0 Å². The normalized spacial score (nSPS) is 14.1. The Kier molecular flexibility index (Phi) is 5.25. The Morgan fingerprint density at radius 3 is 2.39 bits per heavy atom. The van der Waals surface area contributed by atoms with Gasteiger partial charge in [-0.1, -0.05) is 54.6 Å². The topological polar surface area (TPSA) is 47.3 Å². The maximum atomic E-state index is 13.0. The highest BCUT2D eigenvalue weighted by molar-refractivity contribution is 5.98. The molecule has 0 aromatic heterocycles. The number of rotatable bonds is 4. The number of hydrogen-bond acceptors (Lipinski definition) is 3. The van der Waals surface area contributed by atoms with Gasteiger partial charge in [-0.15, -0.1) is 0 Å². The van der Waals surface area contributed by atoms with Crippen LogP contribution in [0.1, 0.15) is 30.4 Å². The number of hydrogen-bond donors (Lipinski definition) is 0. The molecule has 4 heteroatoms. The largest absolute Gasteiger partial charge is 0.282 e. The first-order chi connectivity index (χ1) is 13.8. The highest BCUT2D eigenvalue weighted by atomic mass is 16.2. The van der Waals surface area contributed by atoms with Crippen molar-refractivity contribution in [1.29, 1.82) is 5.26 Å². The molecule has 1 aliphatic rings. The van der Waals surface area contributed by atoms with E-state index in [1.807, 2.05) is 59.6 Å². The molecule has 1 aliphatic heterocycles. The minimum absolute atomic E-state index is 0.150. The third kappa shape index (κ3) is 3.57. The van der Waals surface area contributed by atoms with Crippen LogP contribution in [0.4, 0.5) is 5.69 Å². The zero-order valence-electron chi connectivity index (χ0n) is 15.8. The van der Waals surface area contributed by atoms with E-state index in [-0.39, 0.29) is 5.91 Å². The summed E-state index contributed by atoms with van der Waals surface area (Å²) >= 11 is 0. The van der Waals surface area contributed by atoms with Gasteiger partial charge < -0.3 is 0 Å². The molecule has 0 radical (unpaired) electrons. The van der Waals surface area contributed by atoms with Gasteiger partial charge in [0.05, 0.1) is 17.3 Å². The van der Waals surface area contributed by atoms with Crippen LogP contribution in [-0.2, 0) is 11.2 Å². The number of nitriles is 1. The van der Waals surface area contributed by atoms with Crippen LogP contribution in [-0.4, -0.2) is 24.0 Å². The molecular formula is C24H23N3O. The van der Waals surface area contributed by atoms with E-state index in [4.69, 9.17) is 0 Å². The maximum Gasteiger partial charge on any atom is 0.241 e. The summed E-state index contributed by atoms with van der Waals surface area (Å²) in [6.45, 7) is 1.55.